The van der Waals surface area contributed by atoms with Crippen LogP contribution in [0.1, 0.15) is 5.56 Å². The number of hydrogen-bond donors (Lipinski definition) is 0. The highest BCUT2D eigenvalue weighted by Gasteiger charge is 2.10. The Morgan fingerprint density at radius 1 is 1.50 bits per heavy atom. The summed E-state index contributed by atoms with van der Waals surface area (Å²) in [5.74, 6) is -0.261. The van der Waals surface area contributed by atoms with Crippen molar-refractivity contribution in [3.63, 3.8) is 0 Å². The summed E-state index contributed by atoms with van der Waals surface area (Å²) in [6.45, 7) is -2.89. The third kappa shape index (κ3) is 4.06. The molecule has 0 aromatic heterocycles. The van der Waals surface area contributed by atoms with Gasteiger partial charge in [-0.3, -0.25) is 4.79 Å². The highest BCUT2D eigenvalue weighted by molar-refractivity contribution is 9.10. The Kier molecular flexibility index (Phi) is 5.15. The zero-order valence-corrected chi connectivity index (χ0v) is 10.4. The number of alkyl halides is 3. The summed E-state index contributed by atoms with van der Waals surface area (Å²) in [6.07, 6.45) is 0.108. The van der Waals surface area contributed by atoms with Crippen LogP contribution in [0.25, 0.3) is 0 Å². The van der Waals surface area contributed by atoms with E-state index < -0.39 is 6.61 Å². The van der Waals surface area contributed by atoms with Gasteiger partial charge in [-0.15, -0.1) is 11.6 Å². The highest BCUT2D eigenvalue weighted by atomic mass is 79.9. The molecule has 1 rings (SSSR count). The molecule has 0 spiro atoms. The number of carbonyl (C=O) groups excluding carboxylic acids is 1. The van der Waals surface area contributed by atoms with Gasteiger partial charge in [0.15, 0.2) is 5.78 Å². The first-order valence-corrected chi connectivity index (χ1v) is 5.66. The highest BCUT2D eigenvalue weighted by Crippen LogP contribution is 2.27. The van der Waals surface area contributed by atoms with Crippen molar-refractivity contribution in [3.05, 3.63) is 28.2 Å². The molecule has 0 aliphatic carbocycles. The van der Waals surface area contributed by atoms with Crippen molar-refractivity contribution in [3.8, 4) is 5.75 Å². The number of ketones is 1. The minimum Gasteiger partial charge on any atom is -0.434 e. The normalized spacial score (nSPS) is 10.6. The van der Waals surface area contributed by atoms with Crippen molar-refractivity contribution >= 4 is 33.3 Å². The summed E-state index contributed by atoms with van der Waals surface area (Å²) in [5.41, 5.74) is 0.588. The van der Waals surface area contributed by atoms with Crippen LogP contribution in [0.5, 0.6) is 5.75 Å². The summed E-state index contributed by atoms with van der Waals surface area (Å²) < 4.78 is 28.7. The first-order chi connectivity index (χ1) is 7.52. The average molecular weight is 314 g/mol. The molecule has 1 aromatic carbocycles. The summed E-state index contributed by atoms with van der Waals surface area (Å²) in [5, 5.41) is 0. The molecule has 0 radical (unpaired) electrons. The minimum atomic E-state index is -2.89. The maximum Gasteiger partial charge on any atom is 0.387 e. The second-order valence-corrected chi connectivity index (χ2v) is 4.11. The number of benzene rings is 1. The van der Waals surface area contributed by atoms with Gasteiger partial charge in [-0.1, -0.05) is 6.07 Å². The van der Waals surface area contributed by atoms with Crippen molar-refractivity contribution in [2.45, 2.75) is 13.0 Å². The predicted molar refractivity (Wildman–Crippen MR) is 60.2 cm³/mol. The summed E-state index contributed by atoms with van der Waals surface area (Å²) in [6, 6.07) is 4.59. The topological polar surface area (TPSA) is 26.3 Å². The van der Waals surface area contributed by atoms with Crippen molar-refractivity contribution in [1.29, 1.82) is 0 Å². The molecular weight excluding hydrogens is 305 g/mol. The molecule has 0 fully saturated rings. The lowest BCUT2D eigenvalue weighted by molar-refractivity contribution is -0.116. The van der Waals surface area contributed by atoms with E-state index in [4.69, 9.17) is 11.6 Å². The van der Waals surface area contributed by atoms with Gasteiger partial charge < -0.3 is 4.74 Å². The number of halogens is 4. The summed E-state index contributed by atoms with van der Waals surface area (Å²) in [7, 11) is 0. The molecule has 0 amide bonds. The van der Waals surface area contributed by atoms with Gasteiger partial charge in [-0.25, -0.2) is 0 Å². The fourth-order valence-electron chi connectivity index (χ4n) is 1.12. The van der Waals surface area contributed by atoms with Crippen LogP contribution in [0.2, 0.25) is 0 Å². The monoisotopic (exact) mass is 312 g/mol. The van der Waals surface area contributed by atoms with Gasteiger partial charge in [0.25, 0.3) is 0 Å². The lowest BCUT2D eigenvalue weighted by atomic mass is 10.1. The molecule has 0 saturated carbocycles. The van der Waals surface area contributed by atoms with E-state index in [9.17, 15) is 13.6 Å². The van der Waals surface area contributed by atoms with Crippen LogP contribution in [0.4, 0.5) is 8.78 Å². The fourth-order valence-corrected chi connectivity index (χ4v) is 1.55. The molecule has 0 aliphatic rings. The molecule has 88 valence electrons. The van der Waals surface area contributed by atoms with E-state index in [1.807, 2.05) is 0 Å². The van der Waals surface area contributed by atoms with Gasteiger partial charge >= 0.3 is 6.61 Å². The van der Waals surface area contributed by atoms with Gasteiger partial charge in [0.05, 0.1) is 10.4 Å². The van der Waals surface area contributed by atoms with Gasteiger partial charge in [0, 0.05) is 6.42 Å². The van der Waals surface area contributed by atoms with E-state index in [0.717, 1.165) is 0 Å². The van der Waals surface area contributed by atoms with Crippen molar-refractivity contribution in [2.24, 2.45) is 0 Å². The number of rotatable bonds is 5. The SMILES string of the molecule is O=C(CCl)Cc1ccc(Br)c(OC(F)F)c1. The quantitative estimate of drug-likeness (QED) is 0.779. The van der Waals surface area contributed by atoms with Crippen LogP contribution < -0.4 is 4.74 Å². The van der Waals surface area contributed by atoms with E-state index in [2.05, 4.69) is 20.7 Å². The van der Waals surface area contributed by atoms with Crippen LogP contribution in [0.3, 0.4) is 0 Å². The van der Waals surface area contributed by atoms with Crippen molar-refractivity contribution in [1.82, 2.24) is 0 Å². The van der Waals surface area contributed by atoms with Gasteiger partial charge in [0.2, 0.25) is 0 Å². The molecule has 6 heteroatoms. The Morgan fingerprint density at radius 3 is 2.75 bits per heavy atom. The van der Waals surface area contributed by atoms with Crippen molar-refractivity contribution < 1.29 is 18.3 Å². The third-order valence-electron chi connectivity index (χ3n) is 1.76. The zero-order chi connectivity index (χ0) is 12.1. The van der Waals surface area contributed by atoms with E-state index >= 15 is 0 Å². The van der Waals surface area contributed by atoms with Gasteiger partial charge in [-0.2, -0.15) is 8.78 Å². The van der Waals surface area contributed by atoms with Crippen LogP contribution in [0, 0.1) is 0 Å². The summed E-state index contributed by atoms with van der Waals surface area (Å²) in [4.78, 5) is 11.1. The zero-order valence-electron chi connectivity index (χ0n) is 8.05. The molecule has 0 unspecified atom stereocenters. The molecule has 0 bridgehead atoms. The number of hydrogen-bond acceptors (Lipinski definition) is 2. The molecule has 2 nitrogen and oxygen atoms in total. The second-order valence-electron chi connectivity index (χ2n) is 2.99. The van der Waals surface area contributed by atoms with Gasteiger partial charge in [0.1, 0.15) is 5.75 Å². The first kappa shape index (κ1) is 13.4. The Labute approximate surface area is 105 Å². The molecule has 1 aromatic rings. The molecule has 16 heavy (non-hydrogen) atoms. The van der Waals surface area contributed by atoms with Crippen LogP contribution in [0.15, 0.2) is 22.7 Å². The van der Waals surface area contributed by atoms with Crippen LogP contribution >= 0.6 is 27.5 Å². The summed E-state index contributed by atoms with van der Waals surface area (Å²) >= 11 is 8.42. The van der Waals surface area contributed by atoms with E-state index in [0.29, 0.717) is 10.0 Å². The fraction of sp³-hybridized carbons (Fsp3) is 0.300. The predicted octanol–water partition coefficient (Wildman–Crippen LogP) is 3.40. The molecule has 0 aliphatic heterocycles. The smallest absolute Gasteiger partial charge is 0.387 e. The largest absolute Gasteiger partial charge is 0.434 e. The lowest BCUT2D eigenvalue weighted by Crippen LogP contribution is -2.06. The second kappa shape index (κ2) is 6.15. The van der Waals surface area contributed by atoms with E-state index in [1.165, 1.54) is 6.07 Å². The molecule has 0 N–H and O–H groups in total. The Morgan fingerprint density at radius 2 is 2.19 bits per heavy atom. The number of ether oxygens (including phenoxy) is 1. The van der Waals surface area contributed by atoms with Crippen LogP contribution in [-0.2, 0) is 11.2 Å². The maximum absolute atomic E-state index is 12.0. The molecular formula is C10H8BrClF2O2. The number of Topliss-reactive ketones (excluding diaryl/α,β-unsaturated/α-hetero) is 1. The molecule has 0 heterocycles. The van der Waals surface area contributed by atoms with E-state index in [-0.39, 0.29) is 23.8 Å². The average Bonchev–Trinajstić information content (AvgIpc) is 2.22. The van der Waals surface area contributed by atoms with Gasteiger partial charge in [-0.05, 0) is 33.6 Å². The minimum absolute atomic E-state index is 0.00914. The standard InChI is InChI=1S/C10H8BrClF2O2/c11-8-2-1-6(3-7(15)5-12)4-9(8)16-10(13)14/h1-2,4,10H,3,5H2. The Bertz CT molecular complexity index is 385. The van der Waals surface area contributed by atoms with Crippen molar-refractivity contribution in [2.75, 3.05) is 5.88 Å². The molecule has 0 atom stereocenters. The third-order valence-corrected chi connectivity index (χ3v) is 2.72. The first-order valence-electron chi connectivity index (χ1n) is 4.34. The Hall–Kier alpha value is -0.680. The maximum atomic E-state index is 12.0. The van der Waals surface area contributed by atoms with E-state index in [1.54, 1.807) is 12.1 Å². The Balaban J connectivity index is 2.84. The van der Waals surface area contributed by atoms with Crippen LogP contribution in [-0.4, -0.2) is 18.3 Å². The lowest BCUT2D eigenvalue weighted by Gasteiger charge is -2.08. The molecule has 0 saturated heterocycles. The number of carbonyl (C=O) groups is 1.